The number of carbonyl (C=O) groups excluding carboxylic acids is 1. The van der Waals surface area contributed by atoms with Crippen LogP contribution in [-0.4, -0.2) is 69.9 Å². The van der Waals surface area contributed by atoms with Gasteiger partial charge in [0.2, 0.25) is 5.91 Å². The van der Waals surface area contributed by atoms with Crippen molar-refractivity contribution in [3.63, 3.8) is 0 Å². The van der Waals surface area contributed by atoms with E-state index in [9.17, 15) is 18.0 Å². The molecule has 2 saturated heterocycles. The van der Waals surface area contributed by atoms with Crippen molar-refractivity contribution in [1.82, 2.24) is 24.7 Å². The number of fused-ring (bicyclic) bond motifs is 1. The molecule has 180 valence electrons. The number of nitrogens with zero attached hydrogens (tertiary/aromatic N) is 7. The van der Waals surface area contributed by atoms with Gasteiger partial charge in [-0.3, -0.25) is 4.79 Å². The highest BCUT2D eigenvalue weighted by Crippen LogP contribution is 2.29. The third-order valence-corrected chi connectivity index (χ3v) is 6.67. The fraction of sp³-hybridized carbons (Fsp3) is 0.455. The summed E-state index contributed by atoms with van der Waals surface area (Å²) >= 11 is 6.09. The van der Waals surface area contributed by atoms with Crippen LogP contribution in [0.1, 0.15) is 18.7 Å². The smallest absolute Gasteiger partial charge is 0.368 e. The number of piperidine rings is 1. The van der Waals surface area contributed by atoms with Crippen molar-refractivity contribution in [1.29, 1.82) is 0 Å². The monoisotopic (exact) mass is 493 g/mol. The molecule has 8 nitrogen and oxygen atoms in total. The maximum Gasteiger partial charge on any atom is 0.453 e. The lowest BCUT2D eigenvalue weighted by Crippen LogP contribution is -2.51. The van der Waals surface area contributed by atoms with E-state index in [-0.39, 0.29) is 17.5 Å². The standard InChI is InChI=1S/C22H23ClF3N7O/c23-16-2-1-3-17(14-16)30-10-12-32(13-11-30)20(34)15-6-8-31(9-7-15)19-5-4-18-27-28-21(22(24,25)26)33(18)29-19/h1-5,14-15H,6-13H2. The zero-order valence-corrected chi connectivity index (χ0v) is 19.0. The Labute approximate surface area is 198 Å². The topological polar surface area (TPSA) is 69.9 Å². The first-order chi connectivity index (χ1) is 16.3. The minimum absolute atomic E-state index is 0.0399. The van der Waals surface area contributed by atoms with Crippen LogP contribution in [0.4, 0.5) is 24.7 Å². The average molecular weight is 494 g/mol. The Morgan fingerprint density at radius 3 is 2.35 bits per heavy atom. The molecule has 1 amide bonds. The molecule has 2 aliphatic rings. The minimum atomic E-state index is -4.64. The Hall–Kier alpha value is -3.08. The van der Waals surface area contributed by atoms with Crippen LogP contribution in [0.2, 0.25) is 5.02 Å². The number of halogens is 4. The van der Waals surface area contributed by atoms with E-state index >= 15 is 0 Å². The van der Waals surface area contributed by atoms with E-state index in [1.165, 1.54) is 6.07 Å². The van der Waals surface area contributed by atoms with Crippen LogP contribution in [-0.2, 0) is 11.0 Å². The van der Waals surface area contributed by atoms with Gasteiger partial charge in [-0.2, -0.15) is 17.7 Å². The highest BCUT2D eigenvalue weighted by atomic mass is 35.5. The number of piperazine rings is 1. The van der Waals surface area contributed by atoms with E-state index in [0.717, 1.165) is 23.3 Å². The molecule has 1 aromatic carbocycles. The summed E-state index contributed by atoms with van der Waals surface area (Å²) < 4.78 is 40.2. The Morgan fingerprint density at radius 2 is 1.68 bits per heavy atom. The fourth-order valence-corrected chi connectivity index (χ4v) is 4.78. The molecular formula is C22H23ClF3N7O. The normalized spacial score (nSPS) is 18.1. The van der Waals surface area contributed by atoms with Crippen LogP contribution in [0.5, 0.6) is 0 Å². The number of benzene rings is 1. The number of carbonyl (C=O) groups is 1. The highest BCUT2D eigenvalue weighted by Gasteiger charge is 2.38. The molecule has 0 aliphatic carbocycles. The second kappa shape index (κ2) is 8.94. The summed E-state index contributed by atoms with van der Waals surface area (Å²) in [6.45, 7) is 3.88. The fourth-order valence-electron chi connectivity index (χ4n) is 4.60. The molecule has 34 heavy (non-hydrogen) atoms. The van der Waals surface area contributed by atoms with Crippen molar-refractivity contribution in [3.05, 3.63) is 47.2 Å². The maximum absolute atomic E-state index is 13.2. The van der Waals surface area contributed by atoms with Gasteiger partial charge in [-0.15, -0.1) is 15.3 Å². The van der Waals surface area contributed by atoms with E-state index < -0.39 is 12.0 Å². The molecule has 0 unspecified atom stereocenters. The summed E-state index contributed by atoms with van der Waals surface area (Å²) in [5.74, 6) is -0.685. The zero-order valence-electron chi connectivity index (χ0n) is 18.2. The van der Waals surface area contributed by atoms with Crippen molar-refractivity contribution in [2.24, 2.45) is 5.92 Å². The molecule has 0 bridgehead atoms. The van der Waals surface area contributed by atoms with Gasteiger partial charge in [0.1, 0.15) is 5.82 Å². The highest BCUT2D eigenvalue weighted by molar-refractivity contribution is 6.30. The summed E-state index contributed by atoms with van der Waals surface area (Å²) in [6.07, 6.45) is -3.38. The van der Waals surface area contributed by atoms with Crippen molar-refractivity contribution in [2.45, 2.75) is 19.0 Å². The molecule has 0 saturated carbocycles. The summed E-state index contributed by atoms with van der Waals surface area (Å²) in [5, 5.41) is 11.6. The average Bonchev–Trinajstić information content (AvgIpc) is 3.28. The lowest BCUT2D eigenvalue weighted by atomic mass is 9.95. The second-order valence-electron chi connectivity index (χ2n) is 8.54. The van der Waals surface area contributed by atoms with Crippen LogP contribution in [0.15, 0.2) is 36.4 Å². The first-order valence-corrected chi connectivity index (χ1v) is 11.5. The molecule has 2 aromatic heterocycles. The molecule has 2 fully saturated rings. The molecular weight excluding hydrogens is 471 g/mol. The van der Waals surface area contributed by atoms with E-state index in [1.54, 1.807) is 6.07 Å². The molecule has 4 heterocycles. The maximum atomic E-state index is 13.2. The van der Waals surface area contributed by atoms with E-state index in [4.69, 9.17) is 11.6 Å². The van der Waals surface area contributed by atoms with Crippen LogP contribution in [0.3, 0.4) is 0 Å². The SMILES string of the molecule is O=C(C1CCN(c2ccc3nnc(C(F)(F)F)n3n2)CC1)N1CCN(c2cccc(Cl)c2)CC1. The van der Waals surface area contributed by atoms with Crippen molar-refractivity contribution in [3.8, 4) is 0 Å². The first kappa shape index (κ1) is 22.7. The predicted octanol–water partition coefficient (Wildman–Crippen LogP) is 3.36. The molecule has 5 rings (SSSR count). The molecule has 3 aromatic rings. The Kier molecular flexibility index (Phi) is 5.97. The summed E-state index contributed by atoms with van der Waals surface area (Å²) in [5.41, 5.74) is 1.09. The molecule has 2 aliphatic heterocycles. The largest absolute Gasteiger partial charge is 0.453 e. The lowest BCUT2D eigenvalue weighted by Gasteiger charge is -2.39. The van der Waals surface area contributed by atoms with Gasteiger partial charge in [0.15, 0.2) is 5.65 Å². The molecule has 0 N–H and O–H groups in total. The minimum Gasteiger partial charge on any atom is -0.368 e. The Bertz CT molecular complexity index is 1180. The third kappa shape index (κ3) is 4.48. The number of amides is 1. The van der Waals surface area contributed by atoms with Gasteiger partial charge in [0.05, 0.1) is 0 Å². The van der Waals surface area contributed by atoms with Crippen LogP contribution in [0, 0.1) is 5.92 Å². The molecule has 12 heteroatoms. The van der Waals surface area contributed by atoms with Gasteiger partial charge in [0, 0.05) is 55.9 Å². The van der Waals surface area contributed by atoms with Gasteiger partial charge in [-0.05, 0) is 43.2 Å². The van der Waals surface area contributed by atoms with Crippen molar-refractivity contribution >= 4 is 34.7 Å². The lowest BCUT2D eigenvalue weighted by molar-refractivity contribution is -0.146. The van der Waals surface area contributed by atoms with Gasteiger partial charge >= 0.3 is 6.18 Å². The summed E-state index contributed by atoms with van der Waals surface area (Å²) in [6, 6.07) is 10.8. The third-order valence-electron chi connectivity index (χ3n) is 6.44. The molecule has 0 atom stereocenters. The zero-order chi connectivity index (χ0) is 23.9. The number of rotatable bonds is 3. The number of hydrogen-bond acceptors (Lipinski definition) is 6. The van der Waals surface area contributed by atoms with Crippen LogP contribution in [0.25, 0.3) is 5.65 Å². The van der Waals surface area contributed by atoms with E-state index in [2.05, 4.69) is 20.2 Å². The van der Waals surface area contributed by atoms with Crippen molar-refractivity contribution in [2.75, 3.05) is 49.1 Å². The van der Waals surface area contributed by atoms with Crippen LogP contribution < -0.4 is 9.80 Å². The van der Waals surface area contributed by atoms with Gasteiger partial charge < -0.3 is 14.7 Å². The molecule has 0 radical (unpaired) electrons. The van der Waals surface area contributed by atoms with Gasteiger partial charge in [0.25, 0.3) is 5.82 Å². The van der Waals surface area contributed by atoms with Crippen molar-refractivity contribution < 1.29 is 18.0 Å². The number of hydrogen-bond donors (Lipinski definition) is 0. The Morgan fingerprint density at radius 1 is 0.941 bits per heavy atom. The summed E-state index contributed by atoms with van der Waals surface area (Å²) in [7, 11) is 0. The number of alkyl halides is 3. The van der Waals surface area contributed by atoms with Gasteiger partial charge in [-0.1, -0.05) is 17.7 Å². The summed E-state index contributed by atoms with van der Waals surface area (Å²) in [4.78, 5) is 19.1. The second-order valence-corrected chi connectivity index (χ2v) is 8.97. The first-order valence-electron chi connectivity index (χ1n) is 11.1. The van der Waals surface area contributed by atoms with Gasteiger partial charge in [-0.25, -0.2) is 0 Å². The number of anilines is 2. The predicted molar refractivity (Wildman–Crippen MR) is 121 cm³/mol. The molecule has 0 spiro atoms. The van der Waals surface area contributed by atoms with E-state index in [1.807, 2.05) is 34.1 Å². The van der Waals surface area contributed by atoms with Crippen LogP contribution >= 0.6 is 11.6 Å². The Balaban J connectivity index is 1.18. The quantitative estimate of drug-likeness (QED) is 0.557. The van der Waals surface area contributed by atoms with E-state index in [0.29, 0.717) is 49.9 Å². The number of aromatic nitrogens is 4.